The SMILES string of the molecule is COc1cc(Cc2sc(N)nc2Br)cc(OC)c1. The molecular weight excluding hydrogens is 316 g/mol. The van der Waals surface area contributed by atoms with Crippen molar-refractivity contribution in [3.8, 4) is 11.5 Å². The number of aromatic nitrogens is 1. The van der Waals surface area contributed by atoms with E-state index >= 15 is 0 Å². The molecule has 2 aromatic rings. The van der Waals surface area contributed by atoms with Gasteiger partial charge in [-0.25, -0.2) is 4.98 Å². The lowest BCUT2D eigenvalue weighted by atomic mass is 10.1. The number of hydrogen-bond acceptors (Lipinski definition) is 5. The smallest absolute Gasteiger partial charge is 0.181 e. The van der Waals surface area contributed by atoms with Gasteiger partial charge < -0.3 is 15.2 Å². The Morgan fingerprint density at radius 1 is 1.22 bits per heavy atom. The molecule has 0 spiro atoms. The number of benzene rings is 1. The first-order valence-corrected chi connectivity index (χ1v) is 6.86. The summed E-state index contributed by atoms with van der Waals surface area (Å²) in [4.78, 5) is 5.23. The molecule has 0 fully saturated rings. The summed E-state index contributed by atoms with van der Waals surface area (Å²) in [7, 11) is 3.28. The number of methoxy groups -OCH3 is 2. The minimum absolute atomic E-state index is 0.562. The van der Waals surface area contributed by atoms with Crippen LogP contribution < -0.4 is 15.2 Å². The molecular formula is C12H13BrN2O2S. The molecule has 2 N–H and O–H groups in total. The Balaban J connectivity index is 2.30. The third-order valence-corrected chi connectivity index (χ3v) is 4.25. The van der Waals surface area contributed by atoms with Gasteiger partial charge in [0.05, 0.1) is 14.2 Å². The van der Waals surface area contributed by atoms with Gasteiger partial charge in [-0.1, -0.05) is 0 Å². The van der Waals surface area contributed by atoms with E-state index in [0.29, 0.717) is 5.13 Å². The van der Waals surface area contributed by atoms with Crippen LogP contribution >= 0.6 is 27.3 Å². The fraction of sp³-hybridized carbons (Fsp3) is 0.250. The van der Waals surface area contributed by atoms with Gasteiger partial charge in [0.1, 0.15) is 16.1 Å². The lowest BCUT2D eigenvalue weighted by molar-refractivity contribution is 0.393. The molecule has 0 amide bonds. The highest BCUT2D eigenvalue weighted by molar-refractivity contribution is 9.10. The number of ether oxygens (including phenoxy) is 2. The fourth-order valence-corrected chi connectivity index (χ4v) is 3.06. The highest BCUT2D eigenvalue weighted by Crippen LogP contribution is 2.30. The first kappa shape index (κ1) is 13.2. The number of nitrogens with two attached hydrogens (primary N) is 1. The van der Waals surface area contributed by atoms with Crippen LogP contribution in [0.3, 0.4) is 0 Å². The molecule has 0 aliphatic carbocycles. The molecule has 0 atom stereocenters. The van der Waals surface area contributed by atoms with Crippen molar-refractivity contribution in [3.63, 3.8) is 0 Å². The summed E-state index contributed by atoms with van der Waals surface area (Å²) < 4.78 is 11.3. The van der Waals surface area contributed by atoms with Gasteiger partial charge in [-0.15, -0.1) is 11.3 Å². The standard InChI is InChI=1S/C12H13BrN2O2S/c1-16-8-3-7(4-9(6-8)17-2)5-10-11(13)15-12(14)18-10/h3-4,6H,5H2,1-2H3,(H2,14,15). The summed E-state index contributed by atoms with van der Waals surface area (Å²) >= 11 is 4.88. The Hall–Kier alpha value is -1.27. The number of anilines is 1. The Labute approximate surface area is 118 Å². The number of nitrogens with zero attached hydrogens (tertiary/aromatic N) is 1. The molecule has 0 aliphatic heterocycles. The van der Waals surface area contributed by atoms with Gasteiger partial charge in [0.2, 0.25) is 0 Å². The van der Waals surface area contributed by atoms with Gasteiger partial charge in [0.15, 0.2) is 5.13 Å². The van der Waals surface area contributed by atoms with Crippen molar-refractivity contribution >= 4 is 32.4 Å². The van der Waals surface area contributed by atoms with E-state index in [-0.39, 0.29) is 0 Å². The maximum atomic E-state index is 5.67. The maximum absolute atomic E-state index is 5.67. The minimum Gasteiger partial charge on any atom is -0.497 e. The molecule has 6 heteroatoms. The molecule has 18 heavy (non-hydrogen) atoms. The molecule has 0 bridgehead atoms. The van der Waals surface area contributed by atoms with Crippen LogP contribution in [0.5, 0.6) is 11.5 Å². The molecule has 0 saturated heterocycles. The first-order valence-electron chi connectivity index (χ1n) is 5.25. The van der Waals surface area contributed by atoms with Crippen molar-refractivity contribution in [2.24, 2.45) is 0 Å². The number of halogens is 1. The van der Waals surface area contributed by atoms with Crippen LogP contribution in [0.4, 0.5) is 5.13 Å². The molecule has 0 saturated carbocycles. The zero-order valence-electron chi connectivity index (χ0n) is 10.1. The average molecular weight is 329 g/mol. The van der Waals surface area contributed by atoms with Crippen LogP contribution in [0, 0.1) is 0 Å². The van der Waals surface area contributed by atoms with E-state index in [1.807, 2.05) is 18.2 Å². The molecule has 1 heterocycles. The third kappa shape index (κ3) is 2.94. The van der Waals surface area contributed by atoms with Gasteiger partial charge in [0.25, 0.3) is 0 Å². The van der Waals surface area contributed by atoms with E-state index in [0.717, 1.165) is 33.0 Å². The number of thiazole rings is 1. The van der Waals surface area contributed by atoms with Crippen LogP contribution in [0.1, 0.15) is 10.4 Å². The summed E-state index contributed by atoms with van der Waals surface area (Å²) in [6.07, 6.45) is 0.739. The quantitative estimate of drug-likeness (QED) is 0.936. The summed E-state index contributed by atoms with van der Waals surface area (Å²) in [6, 6.07) is 5.80. The monoisotopic (exact) mass is 328 g/mol. The zero-order chi connectivity index (χ0) is 13.1. The Bertz CT molecular complexity index is 535. The Morgan fingerprint density at radius 2 is 1.83 bits per heavy atom. The van der Waals surface area contributed by atoms with Crippen molar-refractivity contribution in [1.82, 2.24) is 4.98 Å². The summed E-state index contributed by atoms with van der Waals surface area (Å²) in [6.45, 7) is 0. The second kappa shape index (κ2) is 5.58. The summed E-state index contributed by atoms with van der Waals surface area (Å²) in [5.74, 6) is 1.55. The molecule has 1 aromatic carbocycles. The van der Waals surface area contributed by atoms with Crippen LogP contribution in [0.2, 0.25) is 0 Å². The molecule has 0 unspecified atom stereocenters. The molecule has 4 nitrogen and oxygen atoms in total. The van der Waals surface area contributed by atoms with Crippen molar-refractivity contribution in [2.45, 2.75) is 6.42 Å². The molecule has 0 aliphatic rings. The number of nitrogen functional groups attached to an aromatic ring is 1. The van der Waals surface area contributed by atoms with Gasteiger partial charge >= 0.3 is 0 Å². The summed E-state index contributed by atoms with van der Waals surface area (Å²) in [5.41, 5.74) is 6.77. The van der Waals surface area contributed by atoms with Crippen molar-refractivity contribution in [1.29, 1.82) is 0 Å². The number of hydrogen-bond donors (Lipinski definition) is 1. The van der Waals surface area contributed by atoms with Crippen molar-refractivity contribution in [2.75, 3.05) is 20.0 Å². The van der Waals surface area contributed by atoms with E-state index in [1.54, 1.807) is 14.2 Å². The van der Waals surface area contributed by atoms with E-state index in [4.69, 9.17) is 15.2 Å². The van der Waals surface area contributed by atoms with E-state index in [2.05, 4.69) is 20.9 Å². The third-order valence-electron chi connectivity index (χ3n) is 2.44. The number of rotatable bonds is 4. The van der Waals surface area contributed by atoms with E-state index < -0.39 is 0 Å². The minimum atomic E-state index is 0.562. The van der Waals surface area contributed by atoms with Crippen molar-refractivity contribution in [3.05, 3.63) is 33.2 Å². The Kier molecular flexibility index (Phi) is 4.08. The summed E-state index contributed by atoms with van der Waals surface area (Å²) in [5, 5.41) is 0.562. The topological polar surface area (TPSA) is 57.4 Å². The lowest BCUT2D eigenvalue weighted by Gasteiger charge is -2.07. The first-order chi connectivity index (χ1) is 8.62. The second-order valence-corrected chi connectivity index (χ2v) is 5.53. The second-order valence-electron chi connectivity index (χ2n) is 3.66. The van der Waals surface area contributed by atoms with Gasteiger partial charge in [-0.05, 0) is 33.6 Å². The van der Waals surface area contributed by atoms with E-state index in [9.17, 15) is 0 Å². The predicted octanol–water partition coefficient (Wildman–Crippen LogP) is 3.10. The van der Waals surface area contributed by atoms with E-state index in [1.165, 1.54) is 11.3 Å². The van der Waals surface area contributed by atoms with Crippen LogP contribution in [-0.2, 0) is 6.42 Å². The average Bonchev–Trinajstić information content (AvgIpc) is 2.67. The lowest BCUT2D eigenvalue weighted by Crippen LogP contribution is -1.92. The van der Waals surface area contributed by atoms with Gasteiger partial charge in [-0.2, -0.15) is 0 Å². The fourth-order valence-electron chi connectivity index (χ4n) is 1.61. The zero-order valence-corrected chi connectivity index (χ0v) is 12.5. The van der Waals surface area contributed by atoms with Crippen LogP contribution in [0.15, 0.2) is 22.8 Å². The van der Waals surface area contributed by atoms with Crippen LogP contribution in [-0.4, -0.2) is 19.2 Å². The molecule has 96 valence electrons. The highest BCUT2D eigenvalue weighted by atomic mass is 79.9. The molecule has 1 aromatic heterocycles. The Morgan fingerprint density at radius 3 is 2.28 bits per heavy atom. The van der Waals surface area contributed by atoms with Gasteiger partial charge in [-0.3, -0.25) is 0 Å². The van der Waals surface area contributed by atoms with Gasteiger partial charge in [0, 0.05) is 17.4 Å². The van der Waals surface area contributed by atoms with Crippen molar-refractivity contribution < 1.29 is 9.47 Å². The van der Waals surface area contributed by atoms with Crippen LogP contribution in [0.25, 0.3) is 0 Å². The maximum Gasteiger partial charge on any atom is 0.181 e. The predicted molar refractivity (Wildman–Crippen MR) is 76.6 cm³/mol. The largest absolute Gasteiger partial charge is 0.497 e. The highest BCUT2D eigenvalue weighted by Gasteiger charge is 2.09. The normalized spacial score (nSPS) is 10.4. The molecule has 2 rings (SSSR count). The molecule has 0 radical (unpaired) electrons.